The third-order valence-electron chi connectivity index (χ3n) is 2.72. The molecule has 5 heteroatoms. The Labute approximate surface area is 107 Å². The summed E-state index contributed by atoms with van der Waals surface area (Å²) in [5.41, 5.74) is 7.25. The van der Waals surface area contributed by atoms with E-state index in [0.29, 0.717) is 6.54 Å². The van der Waals surface area contributed by atoms with Gasteiger partial charge in [-0.25, -0.2) is 0 Å². The van der Waals surface area contributed by atoms with Gasteiger partial charge in [-0.1, -0.05) is 19.1 Å². The van der Waals surface area contributed by atoms with Gasteiger partial charge in [0.15, 0.2) is 0 Å². The highest BCUT2D eigenvalue weighted by Crippen LogP contribution is 2.20. The molecular weight excluding hydrogens is 232 g/mol. The normalized spacial score (nSPS) is 12.0. The van der Waals surface area contributed by atoms with Crippen LogP contribution in [0.25, 0.3) is 0 Å². The third-order valence-corrected chi connectivity index (χ3v) is 2.72. The molecule has 100 valence electrons. The molecule has 0 heterocycles. The van der Waals surface area contributed by atoms with Gasteiger partial charge in [0.05, 0.1) is 7.11 Å². The van der Waals surface area contributed by atoms with Crippen LogP contribution in [0.15, 0.2) is 18.2 Å². The van der Waals surface area contributed by atoms with Crippen molar-refractivity contribution in [3.8, 4) is 5.75 Å². The Morgan fingerprint density at radius 2 is 2.28 bits per heavy atom. The zero-order chi connectivity index (χ0) is 13.5. The number of methoxy groups -OCH3 is 1. The fraction of sp³-hybridized carbons (Fsp3) is 0.462. The minimum atomic E-state index is -1.14. The van der Waals surface area contributed by atoms with Crippen LogP contribution in [0.4, 0.5) is 0 Å². The average molecular weight is 252 g/mol. The predicted molar refractivity (Wildman–Crippen MR) is 69.3 cm³/mol. The van der Waals surface area contributed by atoms with Crippen molar-refractivity contribution in [3.05, 3.63) is 29.3 Å². The number of ether oxygens (including phenoxy) is 1. The molecule has 1 rings (SSSR count). The van der Waals surface area contributed by atoms with Gasteiger partial charge in [-0.2, -0.15) is 0 Å². The lowest BCUT2D eigenvalue weighted by atomic mass is 10.1. The first-order valence-corrected chi connectivity index (χ1v) is 5.94. The standard InChI is InChI=1S/C13H20N2O3/c1-3-10-6-9(4-5-12(10)18-2)8-15-13(17)11(16)7-14/h4-6,11,16H,3,7-8,14H2,1-2H3,(H,15,17). The zero-order valence-corrected chi connectivity index (χ0v) is 10.8. The van der Waals surface area contributed by atoms with E-state index in [9.17, 15) is 9.90 Å². The second-order valence-corrected chi connectivity index (χ2v) is 3.97. The summed E-state index contributed by atoms with van der Waals surface area (Å²) in [4.78, 5) is 11.4. The topological polar surface area (TPSA) is 84.6 Å². The van der Waals surface area contributed by atoms with Gasteiger partial charge in [0.2, 0.25) is 5.91 Å². The van der Waals surface area contributed by atoms with E-state index in [0.717, 1.165) is 23.3 Å². The Balaban J connectivity index is 2.66. The number of amides is 1. The molecule has 0 radical (unpaired) electrons. The Kier molecular flexibility index (Phi) is 5.61. The Bertz CT molecular complexity index is 407. The van der Waals surface area contributed by atoms with Gasteiger partial charge in [-0.3, -0.25) is 4.79 Å². The van der Waals surface area contributed by atoms with Crippen molar-refractivity contribution >= 4 is 5.91 Å². The van der Waals surface area contributed by atoms with Crippen LogP contribution < -0.4 is 15.8 Å². The van der Waals surface area contributed by atoms with Crippen LogP contribution in [0.5, 0.6) is 5.75 Å². The van der Waals surface area contributed by atoms with E-state index >= 15 is 0 Å². The van der Waals surface area contributed by atoms with Gasteiger partial charge in [-0.05, 0) is 23.6 Å². The highest BCUT2D eigenvalue weighted by Gasteiger charge is 2.12. The highest BCUT2D eigenvalue weighted by molar-refractivity contribution is 5.80. The lowest BCUT2D eigenvalue weighted by molar-refractivity contribution is -0.128. The molecule has 0 aliphatic rings. The summed E-state index contributed by atoms with van der Waals surface area (Å²) in [7, 11) is 1.63. The number of carbonyl (C=O) groups is 1. The van der Waals surface area contributed by atoms with Crippen molar-refractivity contribution in [1.82, 2.24) is 5.32 Å². The number of aliphatic hydroxyl groups is 1. The first-order chi connectivity index (χ1) is 8.62. The molecule has 0 bridgehead atoms. The second-order valence-electron chi connectivity index (χ2n) is 3.97. The maximum Gasteiger partial charge on any atom is 0.250 e. The van der Waals surface area contributed by atoms with Crippen LogP contribution in [-0.4, -0.2) is 30.8 Å². The Morgan fingerprint density at radius 1 is 1.56 bits per heavy atom. The van der Waals surface area contributed by atoms with E-state index in [1.807, 2.05) is 25.1 Å². The largest absolute Gasteiger partial charge is 0.496 e. The molecule has 0 fully saturated rings. The van der Waals surface area contributed by atoms with Gasteiger partial charge >= 0.3 is 0 Å². The average Bonchev–Trinajstić information content (AvgIpc) is 2.43. The van der Waals surface area contributed by atoms with Gasteiger partial charge in [0, 0.05) is 13.1 Å². The first kappa shape index (κ1) is 14.5. The molecule has 18 heavy (non-hydrogen) atoms. The number of hydrogen-bond donors (Lipinski definition) is 3. The molecule has 0 saturated carbocycles. The molecule has 1 atom stereocenters. The molecule has 1 unspecified atom stereocenters. The SMILES string of the molecule is CCc1cc(CNC(=O)C(O)CN)ccc1OC. The fourth-order valence-electron chi connectivity index (χ4n) is 1.63. The van der Waals surface area contributed by atoms with Crippen molar-refractivity contribution in [2.75, 3.05) is 13.7 Å². The molecule has 1 aromatic rings. The summed E-state index contributed by atoms with van der Waals surface area (Å²) in [6.45, 7) is 2.33. The van der Waals surface area contributed by atoms with Crippen LogP contribution in [0.3, 0.4) is 0 Å². The van der Waals surface area contributed by atoms with Crippen LogP contribution in [-0.2, 0) is 17.8 Å². The van der Waals surface area contributed by atoms with E-state index in [4.69, 9.17) is 10.5 Å². The second kappa shape index (κ2) is 6.98. The summed E-state index contributed by atoms with van der Waals surface area (Å²) in [5.74, 6) is 0.390. The molecule has 0 aromatic heterocycles. The van der Waals surface area contributed by atoms with E-state index in [-0.39, 0.29) is 6.54 Å². The van der Waals surface area contributed by atoms with Gasteiger partial charge in [-0.15, -0.1) is 0 Å². The van der Waals surface area contributed by atoms with E-state index in [2.05, 4.69) is 5.32 Å². The molecule has 5 nitrogen and oxygen atoms in total. The smallest absolute Gasteiger partial charge is 0.250 e. The van der Waals surface area contributed by atoms with Crippen molar-refractivity contribution in [3.63, 3.8) is 0 Å². The summed E-state index contributed by atoms with van der Waals surface area (Å²) < 4.78 is 5.23. The van der Waals surface area contributed by atoms with E-state index in [1.54, 1.807) is 7.11 Å². The minimum Gasteiger partial charge on any atom is -0.496 e. The van der Waals surface area contributed by atoms with E-state index in [1.165, 1.54) is 0 Å². The molecule has 1 amide bonds. The van der Waals surface area contributed by atoms with Crippen molar-refractivity contribution in [1.29, 1.82) is 0 Å². The molecule has 0 saturated heterocycles. The molecule has 1 aromatic carbocycles. The number of aliphatic hydroxyl groups excluding tert-OH is 1. The monoisotopic (exact) mass is 252 g/mol. The number of nitrogens with two attached hydrogens (primary N) is 1. The number of rotatable bonds is 6. The van der Waals surface area contributed by atoms with Crippen LogP contribution in [0, 0.1) is 0 Å². The summed E-state index contributed by atoms with van der Waals surface area (Å²) in [6.07, 6.45) is -0.287. The van der Waals surface area contributed by atoms with Crippen molar-refractivity contribution < 1.29 is 14.6 Å². The van der Waals surface area contributed by atoms with Crippen LogP contribution in [0.2, 0.25) is 0 Å². The third kappa shape index (κ3) is 3.72. The minimum absolute atomic E-state index is 0.0747. The fourth-order valence-corrected chi connectivity index (χ4v) is 1.63. The Morgan fingerprint density at radius 3 is 2.83 bits per heavy atom. The van der Waals surface area contributed by atoms with Crippen LogP contribution >= 0.6 is 0 Å². The van der Waals surface area contributed by atoms with Crippen molar-refractivity contribution in [2.45, 2.75) is 26.0 Å². The molecule has 0 aliphatic heterocycles. The maximum absolute atomic E-state index is 11.4. The number of aryl methyl sites for hydroxylation is 1. The van der Waals surface area contributed by atoms with Gasteiger partial charge in [0.25, 0.3) is 0 Å². The molecule has 0 spiro atoms. The summed E-state index contributed by atoms with van der Waals surface area (Å²) >= 11 is 0. The number of carbonyl (C=O) groups excluding carboxylic acids is 1. The lowest BCUT2D eigenvalue weighted by Gasteiger charge is -2.11. The number of nitrogens with one attached hydrogen (secondary N) is 1. The maximum atomic E-state index is 11.4. The van der Waals surface area contributed by atoms with Gasteiger partial charge < -0.3 is 20.9 Å². The first-order valence-electron chi connectivity index (χ1n) is 5.94. The Hall–Kier alpha value is -1.59. The van der Waals surface area contributed by atoms with Crippen LogP contribution in [0.1, 0.15) is 18.1 Å². The summed E-state index contributed by atoms with van der Waals surface area (Å²) in [6, 6.07) is 5.74. The van der Waals surface area contributed by atoms with E-state index < -0.39 is 12.0 Å². The summed E-state index contributed by atoms with van der Waals surface area (Å²) in [5, 5.41) is 11.9. The lowest BCUT2D eigenvalue weighted by Crippen LogP contribution is -2.38. The molecular formula is C13H20N2O3. The van der Waals surface area contributed by atoms with Gasteiger partial charge in [0.1, 0.15) is 11.9 Å². The number of hydrogen-bond acceptors (Lipinski definition) is 4. The van der Waals surface area contributed by atoms with Crippen molar-refractivity contribution in [2.24, 2.45) is 5.73 Å². The number of benzene rings is 1. The molecule has 0 aliphatic carbocycles. The highest BCUT2D eigenvalue weighted by atomic mass is 16.5. The zero-order valence-electron chi connectivity index (χ0n) is 10.8. The molecule has 4 N–H and O–H groups in total. The quantitative estimate of drug-likeness (QED) is 0.675. The predicted octanol–water partition coefficient (Wildman–Crippen LogP) is 0.193.